The molecule has 0 unspecified atom stereocenters. The van der Waals surface area contributed by atoms with E-state index in [1.807, 2.05) is 18.2 Å². The summed E-state index contributed by atoms with van der Waals surface area (Å²) in [5.74, 6) is -0.117. The van der Waals surface area contributed by atoms with Gasteiger partial charge in [0.05, 0.1) is 5.97 Å². The third-order valence-corrected chi connectivity index (χ3v) is 4.40. The second-order valence-corrected chi connectivity index (χ2v) is 6.44. The standard InChI is InChI=1S/C18H16N4O3S/c1-11(23)19-15-4-2-3-14(9-15)16-20-18(22-21-16)26-10-12-5-7-13(8-6-12)17(24)25/h2-9H,10H2,1H3,(H,19,23)(H,24,25)(H,20,21,22)/p-1. The topological polar surface area (TPSA) is 111 Å². The molecule has 0 aliphatic carbocycles. The Kier molecular flexibility index (Phi) is 5.33. The minimum absolute atomic E-state index is 0.138. The SMILES string of the molecule is CC(=O)Nc1cccc(-c2nc(SCc3ccc(C(=O)[O-])cc3)n[nH]2)c1. The molecule has 0 fully saturated rings. The van der Waals surface area contributed by atoms with Crippen molar-refractivity contribution < 1.29 is 14.7 Å². The van der Waals surface area contributed by atoms with Crippen molar-refractivity contribution in [1.29, 1.82) is 0 Å². The molecule has 132 valence electrons. The maximum Gasteiger partial charge on any atom is 0.221 e. The summed E-state index contributed by atoms with van der Waals surface area (Å²) in [6, 6.07) is 13.8. The molecule has 0 saturated heterocycles. The predicted molar refractivity (Wildman–Crippen MR) is 96.5 cm³/mol. The number of thioether (sulfide) groups is 1. The number of H-pyrrole nitrogens is 1. The van der Waals surface area contributed by atoms with E-state index in [-0.39, 0.29) is 11.5 Å². The van der Waals surface area contributed by atoms with E-state index >= 15 is 0 Å². The summed E-state index contributed by atoms with van der Waals surface area (Å²) in [4.78, 5) is 26.3. The number of nitrogens with zero attached hydrogens (tertiary/aromatic N) is 2. The lowest BCUT2D eigenvalue weighted by Gasteiger charge is -2.03. The second kappa shape index (κ2) is 7.83. The molecule has 1 aromatic heterocycles. The Morgan fingerprint density at radius 1 is 1.19 bits per heavy atom. The van der Waals surface area contributed by atoms with Crippen LogP contribution in [0, 0.1) is 0 Å². The highest BCUT2D eigenvalue weighted by Crippen LogP contribution is 2.24. The fourth-order valence-corrected chi connectivity index (χ4v) is 3.03. The molecule has 1 amide bonds. The third-order valence-electron chi connectivity index (χ3n) is 3.48. The smallest absolute Gasteiger partial charge is 0.221 e. The largest absolute Gasteiger partial charge is 0.545 e. The van der Waals surface area contributed by atoms with Crippen molar-refractivity contribution in [3.63, 3.8) is 0 Å². The van der Waals surface area contributed by atoms with Crippen LogP contribution in [0.1, 0.15) is 22.8 Å². The number of nitrogens with one attached hydrogen (secondary N) is 2. The molecule has 0 aliphatic heterocycles. The Morgan fingerprint density at radius 3 is 2.65 bits per heavy atom. The number of carbonyl (C=O) groups is 2. The van der Waals surface area contributed by atoms with Crippen molar-refractivity contribution in [3.05, 3.63) is 59.7 Å². The molecule has 3 aromatic rings. The van der Waals surface area contributed by atoms with Gasteiger partial charge in [0.1, 0.15) is 0 Å². The van der Waals surface area contributed by atoms with Crippen LogP contribution in [-0.4, -0.2) is 27.1 Å². The zero-order valence-electron chi connectivity index (χ0n) is 13.9. The Labute approximate surface area is 153 Å². The lowest BCUT2D eigenvalue weighted by Crippen LogP contribution is -2.21. The highest BCUT2D eigenvalue weighted by Gasteiger charge is 2.08. The first-order chi connectivity index (χ1) is 12.5. The molecule has 0 atom stereocenters. The van der Waals surface area contributed by atoms with E-state index in [9.17, 15) is 14.7 Å². The molecular weight excluding hydrogens is 352 g/mol. The van der Waals surface area contributed by atoms with Crippen molar-refractivity contribution in [2.24, 2.45) is 0 Å². The number of benzene rings is 2. The van der Waals surface area contributed by atoms with Gasteiger partial charge in [0, 0.05) is 23.9 Å². The first-order valence-corrected chi connectivity index (χ1v) is 8.73. The van der Waals surface area contributed by atoms with Crippen LogP contribution in [0.5, 0.6) is 0 Å². The van der Waals surface area contributed by atoms with E-state index in [4.69, 9.17) is 0 Å². The van der Waals surface area contributed by atoms with Crippen LogP contribution in [0.25, 0.3) is 11.4 Å². The zero-order chi connectivity index (χ0) is 18.5. The van der Waals surface area contributed by atoms with Crippen molar-refractivity contribution in [2.75, 3.05) is 5.32 Å². The second-order valence-electron chi connectivity index (χ2n) is 5.50. The van der Waals surface area contributed by atoms with E-state index in [1.54, 1.807) is 18.2 Å². The number of hydrogen-bond acceptors (Lipinski definition) is 6. The number of aromatic nitrogens is 3. The summed E-state index contributed by atoms with van der Waals surface area (Å²) in [6.07, 6.45) is 0. The molecule has 2 N–H and O–H groups in total. The first kappa shape index (κ1) is 17.7. The van der Waals surface area contributed by atoms with Crippen LogP contribution in [0.2, 0.25) is 0 Å². The fourth-order valence-electron chi connectivity index (χ4n) is 2.27. The maximum atomic E-state index is 11.2. The number of carboxylic acid groups (broad SMARTS) is 1. The normalized spacial score (nSPS) is 10.5. The molecule has 0 saturated carbocycles. The van der Waals surface area contributed by atoms with Crippen LogP contribution in [0.3, 0.4) is 0 Å². The van der Waals surface area contributed by atoms with Crippen molar-refractivity contribution in [1.82, 2.24) is 15.2 Å². The molecular formula is C18H15N4O3S-. The number of aromatic amines is 1. The minimum Gasteiger partial charge on any atom is -0.545 e. The maximum absolute atomic E-state index is 11.2. The van der Waals surface area contributed by atoms with E-state index in [0.717, 1.165) is 11.1 Å². The van der Waals surface area contributed by atoms with Gasteiger partial charge in [0.2, 0.25) is 11.1 Å². The monoisotopic (exact) mass is 367 g/mol. The van der Waals surface area contributed by atoms with Gasteiger partial charge in [0.15, 0.2) is 5.82 Å². The first-order valence-electron chi connectivity index (χ1n) is 7.75. The van der Waals surface area contributed by atoms with Crippen LogP contribution in [-0.2, 0) is 10.5 Å². The lowest BCUT2D eigenvalue weighted by molar-refractivity contribution is -0.255. The number of aromatic carboxylic acids is 1. The van der Waals surface area contributed by atoms with Gasteiger partial charge in [-0.2, -0.15) is 0 Å². The Bertz CT molecular complexity index is 938. The predicted octanol–water partition coefficient (Wildman–Crippen LogP) is 2.09. The molecule has 3 rings (SSSR count). The lowest BCUT2D eigenvalue weighted by atomic mass is 10.1. The molecule has 1 heterocycles. The number of hydrogen-bond donors (Lipinski definition) is 2. The van der Waals surface area contributed by atoms with E-state index in [2.05, 4.69) is 20.5 Å². The van der Waals surface area contributed by atoms with E-state index in [0.29, 0.717) is 22.4 Å². The van der Waals surface area contributed by atoms with Gasteiger partial charge >= 0.3 is 0 Å². The Morgan fingerprint density at radius 2 is 1.96 bits per heavy atom. The molecule has 0 spiro atoms. The van der Waals surface area contributed by atoms with Crippen LogP contribution in [0.4, 0.5) is 5.69 Å². The summed E-state index contributed by atoms with van der Waals surface area (Å²) in [5, 5.41) is 21.1. The van der Waals surface area contributed by atoms with Crippen molar-refractivity contribution >= 4 is 29.3 Å². The minimum atomic E-state index is -1.19. The summed E-state index contributed by atoms with van der Waals surface area (Å²) in [6.45, 7) is 1.45. The Hall–Kier alpha value is -3.13. The van der Waals surface area contributed by atoms with Crippen molar-refractivity contribution in [2.45, 2.75) is 17.8 Å². The van der Waals surface area contributed by atoms with Gasteiger partial charge in [-0.05, 0) is 23.3 Å². The summed E-state index contributed by atoms with van der Waals surface area (Å²) < 4.78 is 0. The average molecular weight is 367 g/mol. The molecule has 26 heavy (non-hydrogen) atoms. The zero-order valence-corrected chi connectivity index (χ0v) is 14.7. The van der Waals surface area contributed by atoms with E-state index in [1.165, 1.54) is 30.8 Å². The number of carbonyl (C=O) groups excluding carboxylic acids is 2. The van der Waals surface area contributed by atoms with Crippen LogP contribution >= 0.6 is 11.8 Å². The quantitative estimate of drug-likeness (QED) is 0.646. The summed E-state index contributed by atoms with van der Waals surface area (Å²) in [7, 11) is 0. The molecule has 2 aromatic carbocycles. The van der Waals surface area contributed by atoms with Gasteiger partial charge in [-0.25, -0.2) is 4.98 Å². The van der Waals surface area contributed by atoms with E-state index < -0.39 is 5.97 Å². The highest BCUT2D eigenvalue weighted by molar-refractivity contribution is 7.98. The number of rotatable bonds is 6. The number of amides is 1. The molecule has 7 nitrogen and oxygen atoms in total. The van der Waals surface area contributed by atoms with Gasteiger partial charge in [0.25, 0.3) is 0 Å². The van der Waals surface area contributed by atoms with Crippen LogP contribution in [0.15, 0.2) is 53.7 Å². The molecule has 0 aliphatic rings. The van der Waals surface area contributed by atoms with Gasteiger partial charge in [-0.1, -0.05) is 48.2 Å². The number of anilines is 1. The molecule has 0 bridgehead atoms. The molecule has 8 heteroatoms. The average Bonchev–Trinajstić information content (AvgIpc) is 3.09. The van der Waals surface area contributed by atoms with Gasteiger partial charge in [-0.15, -0.1) is 5.10 Å². The third kappa shape index (κ3) is 4.48. The van der Waals surface area contributed by atoms with Crippen molar-refractivity contribution in [3.8, 4) is 11.4 Å². The number of carboxylic acids is 1. The fraction of sp³-hybridized carbons (Fsp3) is 0.111. The highest BCUT2D eigenvalue weighted by atomic mass is 32.2. The molecule has 0 radical (unpaired) electrons. The van der Waals surface area contributed by atoms with Crippen LogP contribution < -0.4 is 10.4 Å². The van der Waals surface area contributed by atoms with Gasteiger partial charge in [-0.3, -0.25) is 9.89 Å². The van der Waals surface area contributed by atoms with Gasteiger partial charge < -0.3 is 15.2 Å². The summed E-state index contributed by atoms with van der Waals surface area (Å²) in [5.41, 5.74) is 2.61. The Balaban J connectivity index is 1.66. The summed E-state index contributed by atoms with van der Waals surface area (Å²) >= 11 is 1.43.